The van der Waals surface area contributed by atoms with Crippen molar-refractivity contribution in [3.63, 3.8) is 0 Å². The molecule has 2 aromatic rings. The van der Waals surface area contributed by atoms with Gasteiger partial charge in [0.2, 0.25) is 6.79 Å². The van der Waals surface area contributed by atoms with E-state index >= 15 is 0 Å². The minimum atomic E-state index is -0.486. The summed E-state index contributed by atoms with van der Waals surface area (Å²) in [6.45, 7) is 3.40. The van der Waals surface area contributed by atoms with Crippen LogP contribution in [0.1, 0.15) is 24.2 Å². The fourth-order valence-corrected chi connectivity index (χ4v) is 2.38. The van der Waals surface area contributed by atoms with E-state index in [1.54, 1.807) is 38.1 Å². The molecule has 3 N–H and O–H groups in total. The van der Waals surface area contributed by atoms with Crippen LogP contribution in [0.25, 0.3) is 0 Å². The Balaban J connectivity index is 1.60. The van der Waals surface area contributed by atoms with E-state index in [4.69, 9.17) is 24.7 Å². The van der Waals surface area contributed by atoms with Gasteiger partial charge in [0.25, 0.3) is 5.91 Å². The van der Waals surface area contributed by atoms with Gasteiger partial charge in [0, 0.05) is 11.8 Å². The maximum absolute atomic E-state index is 12.1. The highest BCUT2D eigenvalue weighted by Crippen LogP contribution is 2.34. The molecule has 1 heterocycles. The lowest BCUT2D eigenvalue weighted by Crippen LogP contribution is -2.20. The summed E-state index contributed by atoms with van der Waals surface area (Å²) in [5.41, 5.74) is 7.01. The quantitative estimate of drug-likeness (QED) is 0.592. The average Bonchev–Trinajstić information content (AvgIpc) is 3.08. The Morgan fingerprint density at radius 2 is 1.93 bits per heavy atom. The van der Waals surface area contributed by atoms with Crippen molar-refractivity contribution in [2.45, 2.75) is 20.0 Å². The van der Waals surface area contributed by atoms with E-state index in [2.05, 4.69) is 5.32 Å². The van der Waals surface area contributed by atoms with Crippen LogP contribution in [0.2, 0.25) is 0 Å². The van der Waals surface area contributed by atoms with Gasteiger partial charge in [0.1, 0.15) is 5.75 Å². The lowest BCUT2D eigenvalue weighted by atomic mass is 10.2. The molecule has 142 valence electrons. The SMILES string of the molecule is CC(C)OC(=O)c1ccc(N)c(OCC(=O)Nc2ccc3c(c2)OCO3)c1. The molecule has 0 bridgehead atoms. The Hall–Kier alpha value is -3.42. The first kappa shape index (κ1) is 18.4. The van der Waals surface area contributed by atoms with E-state index in [-0.39, 0.29) is 31.2 Å². The number of nitrogens with two attached hydrogens (primary N) is 1. The third-order valence-corrected chi connectivity index (χ3v) is 3.61. The van der Waals surface area contributed by atoms with Gasteiger partial charge in [-0.25, -0.2) is 4.79 Å². The van der Waals surface area contributed by atoms with Gasteiger partial charge in [0.05, 0.1) is 17.4 Å². The summed E-state index contributed by atoms with van der Waals surface area (Å²) in [5.74, 6) is 0.550. The van der Waals surface area contributed by atoms with Crippen LogP contribution >= 0.6 is 0 Å². The molecule has 0 fully saturated rings. The lowest BCUT2D eigenvalue weighted by Gasteiger charge is -2.12. The summed E-state index contributed by atoms with van der Waals surface area (Å²) in [5, 5.41) is 2.69. The summed E-state index contributed by atoms with van der Waals surface area (Å²) in [7, 11) is 0. The molecular weight excluding hydrogens is 352 g/mol. The molecule has 1 aliphatic rings. The van der Waals surface area contributed by atoms with Crippen LogP contribution in [0.15, 0.2) is 36.4 Å². The van der Waals surface area contributed by atoms with Crippen LogP contribution in [0, 0.1) is 0 Å². The van der Waals surface area contributed by atoms with Gasteiger partial charge in [-0.2, -0.15) is 0 Å². The van der Waals surface area contributed by atoms with E-state index in [0.717, 1.165) is 0 Å². The van der Waals surface area contributed by atoms with Gasteiger partial charge in [-0.3, -0.25) is 4.79 Å². The van der Waals surface area contributed by atoms with Gasteiger partial charge in [-0.1, -0.05) is 0 Å². The van der Waals surface area contributed by atoms with Crippen molar-refractivity contribution in [2.24, 2.45) is 0 Å². The Morgan fingerprint density at radius 1 is 1.15 bits per heavy atom. The van der Waals surface area contributed by atoms with Crippen LogP contribution in [-0.4, -0.2) is 31.4 Å². The number of rotatable bonds is 6. The van der Waals surface area contributed by atoms with Crippen LogP contribution in [0.4, 0.5) is 11.4 Å². The maximum Gasteiger partial charge on any atom is 0.338 e. The van der Waals surface area contributed by atoms with E-state index in [1.807, 2.05) is 0 Å². The first-order valence-corrected chi connectivity index (χ1v) is 8.35. The third-order valence-electron chi connectivity index (χ3n) is 3.61. The normalized spacial score (nSPS) is 12.0. The van der Waals surface area contributed by atoms with Gasteiger partial charge in [-0.05, 0) is 44.2 Å². The van der Waals surface area contributed by atoms with Crippen molar-refractivity contribution in [1.82, 2.24) is 0 Å². The van der Waals surface area contributed by atoms with Gasteiger partial charge >= 0.3 is 5.97 Å². The Morgan fingerprint density at radius 3 is 2.70 bits per heavy atom. The fourth-order valence-electron chi connectivity index (χ4n) is 2.38. The molecule has 0 unspecified atom stereocenters. The highest BCUT2D eigenvalue weighted by atomic mass is 16.7. The summed E-state index contributed by atoms with van der Waals surface area (Å²) >= 11 is 0. The molecule has 8 heteroatoms. The first-order valence-electron chi connectivity index (χ1n) is 8.35. The number of nitrogen functional groups attached to an aromatic ring is 1. The summed E-state index contributed by atoms with van der Waals surface area (Å²) in [6.07, 6.45) is -0.244. The smallest absolute Gasteiger partial charge is 0.338 e. The van der Waals surface area contributed by atoms with Gasteiger partial charge in [-0.15, -0.1) is 0 Å². The van der Waals surface area contributed by atoms with Crippen molar-refractivity contribution in [1.29, 1.82) is 0 Å². The Labute approximate surface area is 156 Å². The number of fused-ring (bicyclic) bond motifs is 1. The molecule has 0 saturated carbocycles. The summed E-state index contributed by atoms with van der Waals surface area (Å²) in [6, 6.07) is 9.59. The van der Waals surface area contributed by atoms with Crippen LogP contribution in [0.5, 0.6) is 17.2 Å². The second-order valence-electron chi connectivity index (χ2n) is 6.11. The predicted molar refractivity (Wildman–Crippen MR) is 98.1 cm³/mol. The van der Waals surface area contributed by atoms with Crippen molar-refractivity contribution in [3.8, 4) is 17.2 Å². The highest BCUT2D eigenvalue weighted by Gasteiger charge is 2.15. The number of ether oxygens (including phenoxy) is 4. The number of nitrogens with one attached hydrogen (secondary N) is 1. The Bertz CT molecular complexity index is 865. The zero-order chi connectivity index (χ0) is 19.4. The minimum absolute atomic E-state index is 0.157. The molecule has 0 atom stereocenters. The fraction of sp³-hybridized carbons (Fsp3) is 0.263. The van der Waals surface area contributed by atoms with Crippen LogP contribution in [-0.2, 0) is 9.53 Å². The number of benzene rings is 2. The number of amides is 1. The zero-order valence-corrected chi connectivity index (χ0v) is 15.0. The van der Waals surface area contributed by atoms with Crippen LogP contribution in [0.3, 0.4) is 0 Å². The number of carbonyl (C=O) groups is 2. The summed E-state index contributed by atoms with van der Waals surface area (Å²) in [4.78, 5) is 24.1. The molecule has 2 aromatic carbocycles. The zero-order valence-electron chi connectivity index (χ0n) is 15.0. The van der Waals surface area contributed by atoms with E-state index in [0.29, 0.717) is 28.4 Å². The molecule has 0 aliphatic carbocycles. The molecule has 3 rings (SSSR count). The predicted octanol–water partition coefficient (Wildman–Crippen LogP) is 2.58. The molecule has 0 radical (unpaired) electrons. The van der Waals surface area contributed by atoms with Crippen molar-refractivity contribution in [2.75, 3.05) is 24.5 Å². The van der Waals surface area contributed by atoms with Gasteiger partial charge < -0.3 is 30.0 Å². The number of esters is 1. The van der Waals surface area contributed by atoms with Crippen molar-refractivity contribution >= 4 is 23.3 Å². The number of carbonyl (C=O) groups excluding carboxylic acids is 2. The molecule has 8 nitrogen and oxygen atoms in total. The van der Waals surface area contributed by atoms with E-state index in [1.165, 1.54) is 12.1 Å². The van der Waals surface area contributed by atoms with E-state index in [9.17, 15) is 9.59 Å². The van der Waals surface area contributed by atoms with Crippen molar-refractivity contribution < 1.29 is 28.5 Å². The maximum atomic E-state index is 12.1. The first-order chi connectivity index (χ1) is 12.9. The molecule has 1 aliphatic heterocycles. The van der Waals surface area contributed by atoms with Crippen LogP contribution < -0.4 is 25.3 Å². The average molecular weight is 372 g/mol. The highest BCUT2D eigenvalue weighted by molar-refractivity contribution is 5.93. The minimum Gasteiger partial charge on any atom is -0.482 e. The molecule has 1 amide bonds. The van der Waals surface area contributed by atoms with E-state index < -0.39 is 5.97 Å². The second-order valence-corrected chi connectivity index (χ2v) is 6.11. The van der Waals surface area contributed by atoms with Crippen molar-refractivity contribution in [3.05, 3.63) is 42.0 Å². The number of hydrogen-bond acceptors (Lipinski definition) is 7. The standard InChI is InChI=1S/C19H20N2O6/c1-11(2)27-19(23)12-3-5-14(20)16(7-12)24-9-18(22)21-13-4-6-15-17(8-13)26-10-25-15/h3-8,11H,9-10,20H2,1-2H3,(H,21,22). The lowest BCUT2D eigenvalue weighted by molar-refractivity contribution is -0.118. The topological polar surface area (TPSA) is 109 Å². The molecular formula is C19H20N2O6. The second kappa shape index (κ2) is 7.86. The third kappa shape index (κ3) is 4.60. The Kier molecular flexibility index (Phi) is 5.35. The molecule has 0 saturated heterocycles. The molecule has 0 spiro atoms. The monoisotopic (exact) mass is 372 g/mol. The molecule has 0 aromatic heterocycles. The number of anilines is 2. The number of hydrogen-bond donors (Lipinski definition) is 2. The largest absolute Gasteiger partial charge is 0.482 e. The summed E-state index contributed by atoms with van der Waals surface area (Å²) < 4.78 is 21.1. The van der Waals surface area contributed by atoms with Gasteiger partial charge in [0.15, 0.2) is 18.1 Å². The molecule has 27 heavy (non-hydrogen) atoms.